The molecule has 26 heavy (non-hydrogen) atoms. The molecular formula is C17H22N7O2. The van der Waals surface area contributed by atoms with Crippen LogP contribution in [-0.4, -0.2) is 70.7 Å². The quantitative estimate of drug-likeness (QED) is 0.731. The molecule has 2 aromatic rings. The predicted molar refractivity (Wildman–Crippen MR) is 94.3 cm³/mol. The van der Waals surface area contributed by atoms with E-state index >= 15 is 0 Å². The highest BCUT2D eigenvalue weighted by Gasteiger charge is 2.41. The van der Waals surface area contributed by atoms with E-state index in [-0.39, 0.29) is 11.7 Å². The lowest BCUT2D eigenvalue weighted by Crippen LogP contribution is -2.45. The highest BCUT2D eigenvalue weighted by Crippen LogP contribution is 2.40. The zero-order valence-electron chi connectivity index (χ0n) is 15.0. The first-order chi connectivity index (χ1) is 12.6. The van der Waals surface area contributed by atoms with Gasteiger partial charge in [0.25, 0.3) is 5.91 Å². The fraction of sp³-hybridized carbons (Fsp3) is 0.529. The smallest absolute Gasteiger partial charge is 0.267 e. The zero-order valence-corrected chi connectivity index (χ0v) is 15.0. The number of nitrogens with two attached hydrogens (primary N) is 1. The van der Waals surface area contributed by atoms with E-state index in [2.05, 4.69) is 31.2 Å². The van der Waals surface area contributed by atoms with Crippen LogP contribution in [0.15, 0.2) is 6.07 Å². The molecule has 2 aliphatic rings. The van der Waals surface area contributed by atoms with Crippen molar-refractivity contribution in [3.8, 4) is 5.69 Å². The van der Waals surface area contributed by atoms with Gasteiger partial charge >= 0.3 is 0 Å². The molecule has 4 heterocycles. The molecule has 9 nitrogen and oxygen atoms in total. The van der Waals surface area contributed by atoms with Crippen molar-refractivity contribution in [1.82, 2.24) is 24.9 Å². The van der Waals surface area contributed by atoms with Crippen LogP contribution in [0.2, 0.25) is 0 Å². The Morgan fingerprint density at radius 3 is 3.04 bits per heavy atom. The van der Waals surface area contributed by atoms with Gasteiger partial charge in [0.2, 0.25) is 0 Å². The second kappa shape index (κ2) is 6.65. The summed E-state index contributed by atoms with van der Waals surface area (Å²) in [4.78, 5) is 20.3. The molecule has 1 unspecified atom stereocenters. The van der Waals surface area contributed by atoms with Gasteiger partial charge in [0.05, 0.1) is 17.4 Å². The zero-order chi connectivity index (χ0) is 18.3. The molecule has 2 aliphatic heterocycles. The Morgan fingerprint density at radius 1 is 1.46 bits per heavy atom. The van der Waals surface area contributed by atoms with E-state index in [1.165, 1.54) is 0 Å². The van der Waals surface area contributed by atoms with Crippen LogP contribution in [0.3, 0.4) is 0 Å². The number of ether oxygens (including phenoxy) is 1. The van der Waals surface area contributed by atoms with Crippen LogP contribution in [0.25, 0.3) is 5.69 Å². The molecule has 1 atom stereocenters. The lowest BCUT2D eigenvalue weighted by atomic mass is 10.1. The molecule has 1 amide bonds. The van der Waals surface area contributed by atoms with Gasteiger partial charge in [-0.15, -0.1) is 5.10 Å². The van der Waals surface area contributed by atoms with E-state index in [1.807, 2.05) is 11.6 Å². The number of methoxy groups -OCH3 is 1. The van der Waals surface area contributed by atoms with E-state index < -0.39 is 5.91 Å². The lowest BCUT2D eigenvalue weighted by molar-refractivity contribution is 0.0995. The van der Waals surface area contributed by atoms with Crippen LogP contribution in [-0.2, 0) is 4.74 Å². The molecule has 1 fully saturated rings. The maximum Gasteiger partial charge on any atom is 0.267 e. The fourth-order valence-electron chi connectivity index (χ4n) is 3.77. The van der Waals surface area contributed by atoms with Gasteiger partial charge in [-0.25, -0.2) is 9.67 Å². The number of amides is 1. The SMILES string of the molecule is COCCCN1CCN2CC1c1c2nnn1-c1c[c]c(C(N)=O)nc1C. The summed E-state index contributed by atoms with van der Waals surface area (Å²) in [5.41, 5.74) is 7.95. The largest absolute Gasteiger partial charge is 0.385 e. The van der Waals surface area contributed by atoms with Crippen LogP contribution in [0.5, 0.6) is 0 Å². The average molecular weight is 356 g/mol. The number of rotatable bonds is 6. The Hall–Kier alpha value is -2.52. The van der Waals surface area contributed by atoms with Crippen LogP contribution in [0.1, 0.15) is 34.3 Å². The number of hydrogen-bond donors (Lipinski definition) is 1. The first-order valence-electron chi connectivity index (χ1n) is 8.73. The van der Waals surface area contributed by atoms with Crippen molar-refractivity contribution in [3.63, 3.8) is 0 Å². The summed E-state index contributed by atoms with van der Waals surface area (Å²) in [6.07, 6.45) is 0.992. The van der Waals surface area contributed by atoms with Crippen molar-refractivity contribution >= 4 is 11.7 Å². The molecule has 1 radical (unpaired) electrons. The topological polar surface area (TPSA) is 102 Å². The first kappa shape index (κ1) is 16.9. The maximum absolute atomic E-state index is 11.3. The summed E-state index contributed by atoms with van der Waals surface area (Å²) in [6, 6.07) is 4.80. The third kappa shape index (κ3) is 2.73. The number of anilines is 1. The Kier molecular flexibility index (Phi) is 4.33. The monoisotopic (exact) mass is 356 g/mol. The van der Waals surface area contributed by atoms with Crippen molar-refractivity contribution in [2.45, 2.75) is 19.4 Å². The second-order valence-corrected chi connectivity index (χ2v) is 6.64. The van der Waals surface area contributed by atoms with E-state index in [4.69, 9.17) is 10.5 Å². The number of pyridine rings is 1. The molecule has 0 spiro atoms. The molecule has 2 N–H and O–H groups in total. The number of aryl methyl sites for hydroxylation is 1. The van der Waals surface area contributed by atoms with Gasteiger partial charge in [0.15, 0.2) is 5.82 Å². The normalized spacial score (nSPS) is 19.0. The van der Waals surface area contributed by atoms with Gasteiger partial charge in [-0.2, -0.15) is 0 Å². The molecule has 2 aromatic heterocycles. The van der Waals surface area contributed by atoms with Gasteiger partial charge in [-0.1, -0.05) is 5.21 Å². The standard InChI is InChI=1S/C17H22N7O2/c1-11-13(5-4-12(19-11)16(18)25)24-15-14-10-23(17(15)20-21-24)8-7-22(14)6-3-9-26-2/h5,14H,3,6-10H2,1-2H3,(H2,18,25). The Morgan fingerprint density at radius 2 is 2.31 bits per heavy atom. The van der Waals surface area contributed by atoms with Crippen molar-refractivity contribution in [2.75, 3.05) is 44.8 Å². The number of carbonyl (C=O) groups excluding carboxylic acids is 1. The summed E-state index contributed by atoms with van der Waals surface area (Å²) >= 11 is 0. The number of primary amides is 1. The second-order valence-electron chi connectivity index (χ2n) is 6.64. The highest BCUT2D eigenvalue weighted by atomic mass is 16.5. The van der Waals surface area contributed by atoms with E-state index in [0.717, 1.165) is 56.4 Å². The molecule has 137 valence electrons. The molecule has 2 bridgehead atoms. The minimum atomic E-state index is -0.588. The average Bonchev–Trinajstić information content (AvgIpc) is 3.17. The number of carbonyl (C=O) groups is 1. The van der Waals surface area contributed by atoms with Crippen molar-refractivity contribution < 1.29 is 9.53 Å². The number of aromatic nitrogens is 4. The predicted octanol–water partition coefficient (Wildman–Crippen LogP) is 0.0830. The van der Waals surface area contributed by atoms with Gasteiger partial charge in [-0.3, -0.25) is 9.69 Å². The van der Waals surface area contributed by atoms with Gasteiger partial charge in [0.1, 0.15) is 11.4 Å². The minimum absolute atomic E-state index is 0.131. The van der Waals surface area contributed by atoms with Crippen molar-refractivity contribution in [3.05, 3.63) is 29.2 Å². The van der Waals surface area contributed by atoms with Gasteiger partial charge in [0, 0.05) is 46.0 Å². The van der Waals surface area contributed by atoms with Crippen molar-refractivity contribution in [2.24, 2.45) is 5.73 Å². The molecule has 0 aliphatic carbocycles. The van der Waals surface area contributed by atoms with E-state index in [9.17, 15) is 4.79 Å². The number of piperazine rings is 1. The summed E-state index contributed by atoms with van der Waals surface area (Å²) in [5, 5.41) is 8.75. The highest BCUT2D eigenvalue weighted by molar-refractivity contribution is 5.90. The molecule has 0 saturated carbocycles. The number of fused-ring (bicyclic) bond motifs is 5. The van der Waals surface area contributed by atoms with E-state index in [1.54, 1.807) is 13.2 Å². The summed E-state index contributed by atoms with van der Waals surface area (Å²) in [6.45, 7) is 6.42. The maximum atomic E-state index is 11.3. The molecular weight excluding hydrogens is 334 g/mol. The van der Waals surface area contributed by atoms with E-state index in [0.29, 0.717) is 5.69 Å². The number of hydrogen-bond acceptors (Lipinski definition) is 7. The Labute approximate surface area is 151 Å². The Bertz CT molecular complexity index is 835. The molecule has 9 heteroatoms. The van der Waals surface area contributed by atoms with Crippen LogP contribution in [0, 0.1) is 13.0 Å². The summed E-state index contributed by atoms with van der Waals surface area (Å²) in [5.74, 6) is 0.345. The van der Waals surface area contributed by atoms with Gasteiger partial charge < -0.3 is 15.4 Å². The van der Waals surface area contributed by atoms with Crippen LogP contribution in [0.4, 0.5) is 5.82 Å². The molecule has 0 aromatic carbocycles. The van der Waals surface area contributed by atoms with Gasteiger partial charge in [-0.05, 0) is 19.4 Å². The third-order valence-corrected chi connectivity index (χ3v) is 5.04. The Balaban J connectivity index is 1.68. The summed E-state index contributed by atoms with van der Waals surface area (Å²) in [7, 11) is 1.73. The first-order valence-corrected chi connectivity index (χ1v) is 8.73. The summed E-state index contributed by atoms with van der Waals surface area (Å²) < 4.78 is 7.02. The fourth-order valence-corrected chi connectivity index (χ4v) is 3.77. The third-order valence-electron chi connectivity index (χ3n) is 5.04. The lowest BCUT2D eigenvalue weighted by Gasteiger charge is -2.35. The number of nitrogens with zero attached hydrogens (tertiary/aromatic N) is 6. The molecule has 4 rings (SSSR count). The van der Waals surface area contributed by atoms with Crippen LogP contribution < -0.4 is 10.6 Å². The minimum Gasteiger partial charge on any atom is -0.385 e. The molecule has 1 saturated heterocycles. The van der Waals surface area contributed by atoms with Crippen molar-refractivity contribution in [1.29, 1.82) is 0 Å². The van der Waals surface area contributed by atoms with Crippen LogP contribution >= 0.6 is 0 Å².